The molecule has 0 saturated carbocycles. The van der Waals surface area contributed by atoms with Gasteiger partial charge in [0, 0.05) is 19.5 Å². The molecule has 1 fully saturated rings. The standard InChI is InChI=1S/C11H23N3O/c1-13(2)5-3-4-6-14-9-10(8-12)7-11(14)15/h10H,3-9,12H2,1-2H3. The summed E-state index contributed by atoms with van der Waals surface area (Å²) in [5.74, 6) is 0.682. The number of carbonyl (C=O) groups excluding carboxylic acids is 1. The van der Waals surface area contributed by atoms with Gasteiger partial charge in [0.05, 0.1) is 0 Å². The first-order valence-electron chi connectivity index (χ1n) is 5.76. The fraction of sp³-hybridized carbons (Fsp3) is 0.909. The number of hydrogen-bond acceptors (Lipinski definition) is 3. The molecule has 1 saturated heterocycles. The number of carbonyl (C=O) groups is 1. The molecule has 1 unspecified atom stereocenters. The van der Waals surface area contributed by atoms with Crippen molar-refractivity contribution < 1.29 is 4.79 Å². The van der Waals surface area contributed by atoms with Crippen molar-refractivity contribution in [2.45, 2.75) is 19.3 Å². The molecule has 0 radical (unpaired) electrons. The Bertz CT molecular complexity index is 206. The molecular weight excluding hydrogens is 190 g/mol. The van der Waals surface area contributed by atoms with Crippen LogP contribution in [0.3, 0.4) is 0 Å². The number of likely N-dealkylation sites (tertiary alicyclic amines) is 1. The third-order valence-electron chi connectivity index (χ3n) is 2.91. The maximum absolute atomic E-state index is 11.5. The second-order valence-corrected chi connectivity index (χ2v) is 4.66. The minimum atomic E-state index is 0.287. The lowest BCUT2D eigenvalue weighted by atomic mass is 10.1. The van der Waals surface area contributed by atoms with Crippen LogP contribution >= 0.6 is 0 Å². The van der Waals surface area contributed by atoms with Gasteiger partial charge >= 0.3 is 0 Å². The van der Waals surface area contributed by atoms with Crippen LogP contribution in [-0.4, -0.2) is 56.0 Å². The Labute approximate surface area is 92.4 Å². The van der Waals surface area contributed by atoms with E-state index in [0.29, 0.717) is 18.9 Å². The van der Waals surface area contributed by atoms with Crippen molar-refractivity contribution in [2.75, 3.05) is 40.3 Å². The molecule has 0 bridgehead atoms. The molecular formula is C11H23N3O. The topological polar surface area (TPSA) is 49.6 Å². The number of unbranched alkanes of at least 4 members (excludes halogenated alkanes) is 1. The lowest BCUT2D eigenvalue weighted by Crippen LogP contribution is -2.27. The number of rotatable bonds is 6. The molecule has 0 spiro atoms. The van der Waals surface area contributed by atoms with E-state index in [-0.39, 0.29) is 5.91 Å². The van der Waals surface area contributed by atoms with Gasteiger partial charge < -0.3 is 15.5 Å². The minimum absolute atomic E-state index is 0.287. The van der Waals surface area contributed by atoms with Gasteiger partial charge in [-0.3, -0.25) is 4.79 Å². The van der Waals surface area contributed by atoms with Gasteiger partial charge in [-0.25, -0.2) is 0 Å². The summed E-state index contributed by atoms with van der Waals surface area (Å²) >= 11 is 0. The Morgan fingerprint density at radius 1 is 1.47 bits per heavy atom. The fourth-order valence-corrected chi connectivity index (χ4v) is 1.96. The van der Waals surface area contributed by atoms with Crippen LogP contribution in [0.2, 0.25) is 0 Å². The SMILES string of the molecule is CN(C)CCCCN1CC(CN)CC1=O. The van der Waals surface area contributed by atoms with Gasteiger partial charge in [0.1, 0.15) is 0 Å². The zero-order chi connectivity index (χ0) is 11.3. The molecule has 1 aliphatic heterocycles. The Balaban J connectivity index is 2.14. The van der Waals surface area contributed by atoms with Crippen LogP contribution in [0, 0.1) is 5.92 Å². The summed E-state index contributed by atoms with van der Waals surface area (Å²) in [5.41, 5.74) is 5.57. The third kappa shape index (κ3) is 4.18. The van der Waals surface area contributed by atoms with Gasteiger partial charge in [-0.05, 0) is 45.9 Å². The summed E-state index contributed by atoms with van der Waals surface area (Å²) in [6.07, 6.45) is 2.91. The van der Waals surface area contributed by atoms with Crippen molar-refractivity contribution >= 4 is 5.91 Å². The first-order chi connectivity index (χ1) is 7.13. The number of hydrogen-bond donors (Lipinski definition) is 1. The fourth-order valence-electron chi connectivity index (χ4n) is 1.96. The Morgan fingerprint density at radius 3 is 2.73 bits per heavy atom. The van der Waals surface area contributed by atoms with Crippen molar-refractivity contribution in [3.05, 3.63) is 0 Å². The van der Waals surface area contributed by atoms with Crippen LogP contribution < -0.4 is 5.73 Å². The minimum Gasteiger partial charge on any atom is -0.342 e. The molecule has 1 rings (SSSR count). The molecule has 1 aliphatic rings. The Morgan fingerprint density at radius 2 is 2.20 bits per heavy atom. The molecule has 88 valence electrons. The molecule has 4 nitrogen and oxygen atoms in total. The molecule has 15 heavy (non-hydrogen) atoms. The van der Waals surface area contributed by atoms with Crippen molar-refractivity contribution in [3.8, 4) is 0 Å². The van der Waals surface area contributed by atoms with Gasteiger partial charge in [0.15, 0.2) is 0 Å². The van der Waals surface area contributed by atoms with E-state index in [1.54, 1.807) is 0 Å². The van der Waals surface area contributed by atoms with E-state index in [0.717, 1.165) is 32.5 Å². The lowest BCUT2D eigenvalue weighted by molar-refractivity contribution is -0.127. The van der Waals surface area contributed by atoms with Gasteiger partial charge in [-0.1, -0.05) is 0 Å². The highest BCUT2D eigenvalue weighted by molar-refractivity contribution is 5.78. The summed E-state index contributed by atoms with van der Waals surface area (Å²) in [6, 6.07) is 0. The zero-order valence-corrected chi connectivity index (χ0v) is 9.91. The summed E-state index contributed by atoms with van der Waals surface area (Å²) in [5, 5.41) is 0. The predicted octanol–water partition coefficient (Wildman–Crippen LogP) is 0.135. The summed E-state index contributed by atoms with van der Waals surface area (Å²) < 4.78 is 0. The van der Waals surface area contributed by atoms with Crippen molar-refractivity contribution in [3.63, 3.8) is 0 Å². The summed E-state index contributed by atoms with van der Waals surface area (Å²) in [7, 11) is 4.15. The van der Waals surface area contributed by atoms with Crippen LogP contribution in [0.5, 0.6) is 0 Å². The summed E-state index contributed by atoms with van der Waals surface area (Å²) in [4.78, 5) is 15.7. The largest absolute Gasteiger partial charge is 0.342 e. The van der Waals surface area contributed by atoms with E-state index in [2.05, 4.69) is 19.0 Å². The quantitative estimate of drug-likeness (QED) is 0.638. The van der Waals surface area contributed by atoms with E-state index in [1.165, 1.54) is 0 Å². The highest BCUT2D eigenvalue weighted by atomic mass is 16.2. The van der Waals surface area contributed by atoms with Gasteiger partial charge in [-0.15, -0.1) is 0 Å². The molecule has 4 heteroatoms. The Hall–Kier alpha value is -0.610. The normalized spacial score (nSPS) is 21.7. The van der Waals surface area contributed by atoms with Crippen LogP contribution in [0.25, 0.3) is 0 Å². The van der Waals surface area contributed by atoms with Crippen LogP contribution in [0.1, 0.15) is 19.3 Å². The maximum atomic E-state index is 11.5. The highest BCUT2D eigenvalue weighted by Gasteiger charge is 2.27. The molecule has 1 atom stereocenters. The predicted molar refractivity (Wildman–Crippen MR) is 61.5 cm³/mol. The zero-order valence-electron chi connectivity index (χ0n) is 9.91. The molecule has 0 aromatic heterocycles. The number of amides is 1. The van der Waals surface area contributed by atoms with Crippen molar-refractivity contribution in [2.24, 2.45) is 11.7 Å². The monoisotopic (exact) mass is 213 g/mol. The molecule has 0 aromatic rings. The molecule has 0 aromatic carbocycles. The smallest absolute Gasteiger partial charge is 0.222 e. The van der Waals surface area contributed by atoms with E-state index in [1.807, 2.05) is 4.90 Å². The second kappa shape index (κ2) is 6.08. The van der Waals surface area contributed by atoms with Crippen molar-refractivity contribution in [1.29, 1.82) is 0 Å². The van der Waals surface area contributed by atoms with E-state index in [4.69, 9.17) is 5.73 Å². The second-order valence-electron chi connectivity index (χ2n) is 4.66. The van der Waals surface area contributed by atoms with E-state index >= 15 is 0 Å². The molecule has 1 heterocycles. The van der Waals surface area contributed by atoms with Gasteiger partial charge in [-0.2, -0.15) is 0 Å². The van der Waals surface area contributed by atoms with Gasteiger partial charge in [0.25, 0.3) is 0 Å². The van der Waals surface area contributed by atoms with Crippen LogP contribution in [0.15, 0.2) is 0 Å². The first kappa shape index (κ1) is 12.5. The molecule has 0 aliphatic carbocycles. The Kier molecular flexibility index (Phi) is 5.05. The average Bonchev–Trinajstić information content (AvgIpc) is 2.54. The number of nitrogens with two attached hydrogens (primary N) is 1. The van der Waals surface area contributed by atoms with Crippen molar-refractivity contribution in [1.82, 2.24) is 9.80 Å². The average molecular weight is 213 g/mol. The van der Waals surface area contributed by atoms with E-state index < -0.39 is 0 Å². The lowest BCUT2D eigenvalue weighted by Gasteiger charge is -2.17. The van der Waals surface area contributed by atoms with Gasteiger partial charge in [0.2, 0.25) is 5.91 Å². The van der Waals surface area contributed by atoms with Crippen LogP contribution in [0.4, 0.5) is 0 Å². The maximum Gasteiger partial charge on any atom is 0.222 e. The van der Waals surface area contributed by atoms with E-state index in [9.17, 15) is 4.79 Å². The molecule has 1 amide bonds. The first-order valence-corrected chi connectivity index (χ1v) is 5.76. The molecule has 2 N–H and O–H groups in total. The summed E-state index contributed by atoms with van der Waals surface area (Å²) in [6.45, 7) is 3.52. The highest BCUT2D eigenvalue weighted by Crippen LogP contribution is 2.16. The third-order valence-corrected chi connectivity index (χ3v) is 2.91. The van der Waals surface area contributed by atoms with Crippen LogP contribution in [-0.2, 0) is 4.79 Å². The number of nitrogens with zero attached hydrogens (tertiary/aromatic N) is 2.